The van der Waals surface area contributed by atoms with Gasteiger partial charge in [-0.05, 0) is 44.2 Å². The average Bonchev–Trinajstić information content (AvgIpc) is 2.56. The van der Waals surface area contributed by atoms with E-state index in [4.69, 9.17) is 34.8 Å². The fourth-order valence-corrected chi connectivity index (χ4v) is 2.74. The zero-order chi connectivity index (χ0) is 19.3. The molecule has 0 spiro atoms. The van der Waals surface area contributed by atoms with E-state index in [1.165, 1.54) is 6.07 Å². The summed E-state index contributed by atoms with van der Waals surface area (Å²) in [7, 11) is 0. The van der Waals surface area contributed by atoms with Crippen LogP contribution < -0.4 is 16.0 Å². The summed E-state index contributed by atoms with van der Waals surface area (Å²) in [6.07, 6.45) is 0. The molecule has 3 N–H and O–H groups in total. The maximum Gasteiger partial charge on any atom is 0.251 e. The van der Waals surface area contributed by atoms with Crippen molar-refractivity contribution in [2.75, 3.05) is 17.2 Å². The Hall–Kier alpha value is -1.95. The number of amides is 2. The Kier molecular flexibility index (Phi) is 7.14. The van der Waals surface area contributed by atoms with Crippen LogP contribution in [0.2, 0.25) is 15.1 Å². The maximum absolute atomic E-state index is 12.1. The molecule has 0 aliphatic heterocycles. The minimum absolute atomic E-state index is 0.0277. The number of hydrogen-bond donors (Lipinski definition) is 3. The van der Waals surface area contributed by atoms with Crippen LogP contribution >= 0.6 is 34.8 Å². The second kappa shape index (κ2) is 9.12. The Morgan fingerprint density at radius 2 is 1.69 bits per heavy atom. The van der Waals surface area contributed by atoms with Crippen molar-refractivity contribution >= 4 is 58.0 Å². The first-order valence-corrected chi connectivity index (χ1v) is 8.99. The van der Waals surface area contributed by atoms with Gasteiger partial charge in [0.05, 0.1) is 27.3 Å². The van der Waals surface area contributed by atoms with E-state index in [0.29, 0.717) is 32.0 Å². The van der Waals surface area contributed by atoms with Crippen molar-refractivity contribution < 1.29 is 9.59 Å². The number of carbonyl (C=O) groups excluding carboxylic acids is 2. The Bertz CT molecular complexity index is 825. The summed E-state index contributed by atoms with van der Waals surface area (Å²) in [5, 5.41) is 9.45. The second-order valence-electron chi connectivity index (χ2n) is 5.86. The van der Waals surface area contributed by atoms with Crippen molar-refractivity contribution in [3.63, 3.8) is 0 Å². The number of benzene rings is 2. The van der Waals surface area contributed by atoms with Crippen LogP contribution in [0.25, 0.3) is 0 Å². The standard InChI is InChI=1S/C18H18Cl3N3O2/c1-10(2)23-18(26)11-4-3-5-12(6-11)24-17(25)9-22-16-8-14(20)13(19)7-15(16)21/h3-8,10,22H,9H2,1-2H3,(H,23,26)(H,24,25). The van der Waals surface area contributed by atoms with E-state index in [9.17, 15) is 9.59 Å². The van der Waals surface area contributed by atoms with Gasteiger partial charge < -0.3 is 16.0 Å². The largest absolute Gasteiger partial charge is 0.375 e. The SMILES string of the molecule is CC(C)NC(=O)c1cccc(NC(=O)CNc2cc(Cl)c(Cl)cc2Cl)c1. The van der Waals surface area contributed by atoms with E-state index in [2.05, 4.69) is 16.0 Å². The summed E-state index contributed by atoms with van der Waals surface area (Å²) in [6, 6.07) is 9.78. The Balaban J connectivity index is 1.98. The van der Waals surface area contributed by atoms with Crippen molar-refractivity contribution in [2.24, 2.45) is 0 Å². The van der Waals surface area contributed by atoms with Crippen molar-refractivity contribution in [1.29, 1.82) is 0 Å². The number of carbonyl (C=O) groups is 2. The second-order valence-corrected chi connectivity index (χ2v) is 7.08. The van der Waals surface area contributed by atoms with Crippen molar-refractivity contribution in [1.82, 2.24) is 5.32 Å². The Morgan fingerprint density at radius 1 is 1.00 bits per heavy atom. The molecule has 138 valence electrons. The van der Waals surface area contributed by atoms with Gasteiger partial charge in [-0.15, -0.1) is 0 Å². The molecule has 0 aliphatic carbocycles. The van der Waals surface area contributed by atoms with Crippen LogP contribution in [0, 0.1) is 0 Å². The van der Waals surface area contributed by atoms with Crippen molar-refractivity contribution in [3.8, 4) is 0 Å². The number of anilines is 2. The van der Waals surface area contributed by atoms with Crippen LogP contribution in [0.15, 0.2) is 36.4 Å². The third kappa shape index (κ3) is 5.80. The average molecular weight is 415 g/mol. The van der Waals surface area contributed by atoms with E-state index in [0.717, 1.165) is 0 Å². The lowest BCUT2D eigenvalue weighted by molar-refractivity contribution is -0.114. The monoisotopic (exact) mass is 413 g/mol. The number of halogens is 3. The van der Waals surface area contributed by atoms with E-state index < -0.39 is 0 Å². The molecule has 2 aromatic rings. The molecule has 0 saturated carbocycles. The van der Waals surface area contributed by atoms with E-state index in [1.807, 2.05) is 13.8 Å². The fourth-order valence-electron chi connectivity index (χ4n) is 2.12. The van der Waals surface area contributed by atoms with Gasteiger partial charge in [0.15, 0.2) is 0 Å². The predicted molar refractivity (Wildman–Crippen MR) is 108 cm³/mol. The first-order valence-electron chi connectivity index (χ1n) is 7.85. The highest BCUT2D eigenvalue weighted by Crippen LogP contribution is 2.32. The molecule has 26 heavy (non-hydrogen) atoms. The molecule has 0 heterocycles. The minimum Gasteiger partial charge on any atom is -0.375 e. The lowest BCUT2D eigenvalue weighted by Crippen LogP contribution is -2.30. The van der Waals surface area contributed by atoms with Gasteiger partial charge in [-0.25, -0.2) is 0 Å². The summed E-state index contributed by atoms with van der Waals surface area (Å²) in [5.41, 5.74) is 1.49. The lowest BCUT2D eigenvalue weighted by Gasteiger charge is -2.12. The fraction of sp³-hybridized carbons (Fsp3) is 0.222. The molecule has 0 bridgehead atoms. The van der Waals surface area contributed by atoms with E-state index in [-0.39, 0.29) is 24.4 Å². The highest BCUT2D eigenvalue weighted by atomic mass is 35.5. The van der Waals surface area contributed by atoms with Gasteiger partial charge in [-0.2, -0.15) is 0 Å². The van der Waals surface area contributed by atoms with E-state index >= 15 is 0 Å². The summed E-state index contributed by atoms with van der Waals surface area (Å²) >= 11 is 17.9. The van der Waals surface area contributed by atoms with Gasteiger partial charge in [-0.3, -0.25) is 9.59 Å². The summed E-state index contributed by atoms with van der Waals surface area (Å²) < 4.78 is 0. The van der Waals surface area contributed by atoms with Gasteiger partial charge in [0.2, 0.25) is 5.91 Å². The van der Waals surface area contributed by atoms with E-state index in [1.54, 1.807) is 30.3 Å². The van der Waals surface area contributed by atoms with Crippen LogP contribution in [0.5, 0.6) is 0 Å². The summed E-state index contributed by atoms with van der Waals surface area (Å²) in [6.45, 7) is 3.73. The molecule has 0 atom stereocenters. The van der Waals surface area contributed by atoms with Gasteiger partial charge >= 0.3 is 0 Å². The zero-order valence-corrected chi connectivity index (χ0v) is 16.5. The highest BCUT2D eigenvalue weighted by molar-refractivity contribution is 6.44. The Morgan fingerprint density at radius 3 is 2.38 bits per heavy atom. The third-order valence-electron chi connectivity index (χ3n) is 3.28. The molecule has 0 unspecified atom stereocenters. The molecule has 2 rings (SSSR count). The molecule has 0 saturated heterocycles. The summed E-state index contributed by atoms with van der Waals surface area (Å²) in [5.74, 6) is -0.495. The number of hydrogen-bond acceptors (Lipinski definition) is 3. The topological polar surface area (TPSA) is 70.2 Å². The van der Waals surface area contributed by atoms with Crippen molar-refractivity contribution in [3.05, 3.63) is 57.0 Å². The molecule has 0 aromatic heterocycles. The molecule has 5 nitrogen and oxygen atoms in total. The third-order valence-corrected chi connectivity index (χ3v) is 4.31. The zero-order valence-electron chi connectivity index (χ0n) is 14.2. The molecular weight excluding hydrogens is 397 g/mol. The van der Waals surface area contributed by atoms with Crippen LogP contribution in [0.3, 0.4) is 0 Å². The first-order chi connectivity index (χ1) is 12.3. The normalized spacial score (nSPS) is 10.5. The van der Waals surface area contributed by atoms with Crippen LogP contribution in [0.4, 0.5) is 11.4 Å². The maximum atomic E-state index is 12.1. The highest BCUT2D eigenvalue weighted by Gasteiger charge is 2.10. The predicted octanol–water partition coefficient (Wildman–Crippen LogP) is 4.84. The quantitative estimate of drug-likeness (QED) is 0.593. The first kappa shape index (κ1) is 20.4. The molecule has 2 aromatic carbocycles. The lowest BCUT2D eigenvalue weighted by atomic mass is 10.1. The molecule has 2 amide bonds. The minimum atomic E-state index is -0.298. The molecule has 8 heteroatoms. The molecule has 0 aliphatic rings. The van der Waals surface area contributed by atoms with Crippen LogP contribution in [-0.2, 0) is 4.79 Å². The molecule has 0 fully saturated rings. The Labute approximate surface area is 167 Å². The molecule has 0 radical (unpaired) electrons. The van der Waals surface area contributed by atoms with Gasteiger partial charge in [0.1, 0.15) is 0 Å². The van der Waals surface area contributed by atoms with Gasteiger partial charge in [0, 0.05) is 17.3 Å². The van der Waals surface area contributed by atoms with Crippen LogP contribution in [-0.4, -0.2) is 24.4 Å². The van der Waals surface area contributed by atoms with Gasteiger partial charge in [-0.1, -0.05) is 40.9 Å². The van der Waals surface area contributed by atoms with Crippen molar-refractivity contribution in [2.45, 2.75) is 19.9 Å². The van der Waals surface area contributed by atoms with Crippen LogP contribution in [0.1, 0.15) is 24.2 Å². The smallest absolute Gasteiger partial charge is 0.251 e. The number of rotatable bonds is 6. The van der Waals surface area contributed by atoms with Gasteiger partial charge in [0.25, 0.3) is 5.91 Å². The summed E-state index contributed by atoms with van der Waals surface area (Å²) in [4.78, 5) is 24.2. The molecular formula is C18H18Cl3N3O2. The number of nitrogens with one attached hydrogen (secondary N) is 3.